The van der Waals surface area contributed by atoms with Crippen LogP contribution in [0.1, 0.15) is 12.8 Å². The summed E-state index contributed by atoms with van der Waals surface area (Å²) in [6, 6.07) is 0. The Morgan fingerprint density at radius 1 is 1.73 bits per heavy atom. The van der Waals surface area contributed by atoms with Crippen LogP contribution in [0.4, 0.5) is 4.79 Å². The van der Waals surface area contributed by atoms with Gasteiger partial charge in [0, 0.05) is 19.4 Å². The lowest BCUT2D eigenvalue weighted by Gasteiger charge is -2.05. The molecule has 0 aromatic rings. The smallest absolute Gasteiger partial charge is 0.411 e. The minimum absolute atomic E-state index is 0.0965. The molecule has 1 aliphatic heterocycles. The van der Waals surface area contributed by atoms with Crippen molar-refractivity contribution in [2.75, 3.05) is 13.2 Å². The molecule has 1 heterocycles. The average Bonchev–Trinajstić information content (AvgIpc) is 2.37. The largest absolute Gasteiger partial charge is 0.465 e. The van der Waals surface area contributed by atoms with Crippen molar-refractivity contribution in [2.24, 2.45) is 0 Å². The van der Waals surface area contributed by atoms with E-state index in [1.54, 1.807) is 6.20 Å². The van der Waals surface area contributed by atoms with Gasteiger partial charge in [0.1, 0.15) is 0 Å². The van der Waals surface area contributed by atoms with Crippen LogP contribution in [0.25, 0.3) is 0 Å². The lowest BCUT2D eigenvalue weighted by atomic mass is 10.2. The van der Waals surface area contributed by atoms with Crippen molar-refractivity contribution in [1.82, 2.24) is 4.90 Å². The number of aliphatic hydroxyl groups excluding tert-OH is 1. The van der Waals surface area contributed by atoms with E-state index < -0.39 is 6.09 Å². The van der Waals surface area contributed by atoms with Crippen molar-refractivity contribution in [2.45, 2.75) is 12.8 Å². The Balaban J connectivity index is 2.47. The number of carboxylic acid groups (broad SMARTS) is 1. The SMILES string of the molecule is O=C(O)N1C=C(CCO)CC1. The highest BCUT2D eigenvalue weighted by molar-refractivity contribution is 5.67. The molecule has 0 aliphatic carbocycles. The van der Waals surface area contributed by atoms with Gasteiger partial charge < -0.3 is 10.2 Å². The number of hydrogen-bond acceptors (Lipinski definition) is 2. The molecule has 2 N–H and O–H groups in total. The summed E-state index contributed by atoms with van der Waals surface area (Å²) in [6.07, 6.45) is 2.02. The molecule has 0 atom stereocenters. The molecule has 0 aromatic carbocycles. The van der Waals surface area contributed by atoms with E-state index in [1.165, 1.54) is 4.90 Å². The Morgan fingerprint density at radius 3 is 2.91 bits per heavy atom. The van der Waals surface area contributed by atoms with Gasteiger partial charge in [0.05, 0.1) is 0 Å². The third kappa shape index (κ3) is 1.94. The Bertz CT molecular complexity index is 188. The lowest BCUT2D eigenvalue weighted by Crippen LogP contribution is -2.20. The molecule has 11 heavy (non-hydrogen) atoms. The number of amides is 1. The Hall–Kier alpha value is -1.03. The van der Waals surface area contributed by atoms with E-state index in [2.05, 4.69) is 0 Å². The van der Waals surface area contributed by atoms with Crippen LogP contribution < -0.4 is 0 Å². The van der Waals surface area contributed by atoms with E-state index in [-0.39, 0.29) is 6.61 Å². The molecule has 0 bridgehead atoms. The maximum Gasteiger partial charge on any atom is 0.411 e. The van der Waals surface area contributed by atoms with Crippen LogP contribution >= 0.6 is 0 Å². The number of rotatable bonds is 2. The zero-order chi connectivity index (χ0) is 8.27. The predicted octanol–water partition coefficient (Wildman–Crippen LogP) is 0.636. The highest BCUT2D eigenvalue weighted by atomic mass is 16.4. The number of carbonyl (C=O) groups is 1. The van der Waals surface area contributed by atoms with Crippen LogP contribution in [0.15, 0.2) is 11.8 Å². The van der Waals surface area contributed by atoms with Crippen LogP contribution in [0.2, 0.25) is 0 Å². The second kappa shape index (κ2) is 3.39. The van der Waals surface area contributed by atoms with E-state index in [0.717, 1.165) is 12.0 Å². The average molecular weight is 157 g/mol. The van der Waals surface area contributed by atoms with Gasteiger partial charge in [-0.15, -0.1) is 0 Å². The summed E-state index contributed by atoms with van der Waals surface area (Å²) in [5.41, 5.74) is 1.01. The normalized spacial score (nSPS) is 16.8. The first-order chi connectivity index (χ1) is 5.24. The maximum atomic E-state index is 10.4. The Kier molecular flexibility index (Phi) is 2.48. The van der Waals surface area contributed by atoms with E-state index in [1.807, 2.05) is 0 Å². The fourth-order valence-electron chi connectivity index (χ4n) is 1.10. The predicted molar refractivity (Wildman–Crippen MR) is 39.1 cm³/mol. The van der Waals surface area contributed by atoms with Crippen LogP contribution in [-0.2, 0) is 0 Å². The molecule has 0 fully saturated rings. The first-order valence-electron chi connectivity index (χ1n) is 3.54. The fourth-order valence-corrected chi connectivity index (χ4v) is 1.10. The maximum absolute atomic E-state index is 10.4. The monoisotopic (exact) mass is 157 g/mol. The van der Waals surface area contributed by atoms with Gasteiger partial charge >= 0.3 is 6.09 Å². The van der Waals surface area contributed by atoms with Gasteiger partial charge in [-0.1, -0.05) is 0 Å². The van der Waals surface area contributed by atoms with Gasteiger partial charge in [0.15, 0.2) is 0 Å². The van der Waals surface area contributed by atoms with Crippen LogP contribution in [-0.4, -0.2) is 34.4 Å². The summed E-state index contributed by atoms with van der Waals surface area (Å²) in [5, 5.41) is 17.1. The summed E-state index contributed by atoms with van der Waals surface area (Å²) in [7, 11) is 0. The Morgan fingerprint density at radius 2 is 2.45 bits per heavy atom. The van der Waals surface area contributed by atoms with E-state index in [9.17, 15) is 4.79 Å². The zero-order valence-corrected chi connectivity index (χ0v) is 6.16. The summed E-state index contributed by atoms with van der Waals surface area (Å²) in [4.78, 5) is 11.6. The molecule has 1 amide bonds. The zero-order valence-electron chi connectivity index (χ0n) is 6.16. The van der Waals surface area contributed by atoms with Crippen molar-refractivity contribution in [3.63, 3.8) is 0 Å². The van der Waals surface area contributed by atoms with Crippen molar-refractivity contribution in [3.05, 3.63) is 11.8 Å². The standard InChI is InChI=1S/C7H11NO3/c9-4-2-6-1-3-8(5-6)7(10)11/h5,9H,1-4H2,(H,10,11). The molecule has 4 nitrogen and oxygen atoms in total. The highest BCUT2D eigenvalue weighted by Gasteiger charge is 2.16. The first kappa shape index (κ1) is 8.07. The number of nitrogens with zero attached hydrogens (tertiary/aromatic N) is 1. The minimum atomic E-state index is -0.919. The van der Waals surface area contributed by atoms with Gasteiger partial charge in [-0.2, -0.15) is 0 Å². The fraction of sp³-hybridized carbons (Fsp3) is 0.571. The molecular formula is C7H11NO3. The van der Waals surface area contributed by atoms with E-state index >= 15 is 0 Å². The third-order valence-corrected chi connectivity index (χ3v) is 1.69. The molecule has 62 valence electrons. The molecule has 1 rings (SSSR count). The number of aliphatic hydroxyl groups is 1. The summed E-state index contributed by atoms with van der Waals surface area (Å²) < 4.78 is 0. The topological polar surface area (TPSA) is 60.8 Å². The van der Waals surface area contributed by atoms with Gasteiger partial charge in [-0.3, -0.25) is 4.90 Å². The number of hydrogen-bond donors (Lipinski definition) is 2. The van der Waals surface area contributed by atoms with Gasteiger partial charge in [0.25, 0.3) is 0 Å². The Labute approximate surface area is 64.7 Å². The molecular weight excluding hydrogens is 146 g/mol. The molecule has 0 saturated carbocycles. The molecule has 0 aromatic heterocycles. The lowest BCUT2D eigenvalue weighted by molar-refractivity contribution is 0.166. The molecule has 1 aliphatic rings. The quantitative estimate of drug-likeness (QED) is 0.618. The second-order valence-corrected chi connectivity index (χ2v) is 2.49. The van der Waals surface area contributed by atoms with Crippen molar-refractivity contribution in [1.29, 1.82) is 0 Å². The van der Waals surface area contributed by atoms with Crippen LogP contribution in [0, 0.1) is 0 Å². The van der Waals surface area contributed by atoms with Gasteiger partial charge in [-0.05, 0) is 18.4 Å². The summed E-state index contributed by atoms with van der Waals surface area (Å²) in [5.74, 6) is 0. The van der Waals surface area contributed by atoms with Crippen molar-refractivity contribution >= 4 is 6.09 Å². The summed E-state index contributed by atoms with van der Waals surface area (Å²) in [6.45, 7) is 0.629. The highest BCUT2D eigenvalue weighted by Crippen LogP contribution is 2.16. The third-order valence-electron chi connectivity index (χ3n) is 1.69. The molecule has 0 unspecified atom stereocenters. The van der Waals surface area contributed by atoms with E-state index in [0.29, 0.717) is 13.0 Å². The minimum Gasteiger partial charge on any atom is -0.465 e. The molecule has 4 heteroatoms. The molecule has 0 saturated heterocycles. The molecule has 0 radical (unpaired) electrons. The van der Waals surface area contributed by atoms with Gasteiger partial charge in [-0.25, -0.2) is 4.79 Å². The summed E-state index contributed by atoms with van der Waals surface area (Å²) >= 11 is 0. The van der Waals surface area contributed by atoms with Crippen LogP contribution in [0.5, 0.6) is 0 Å². The second-order valence-electron chi connectivity index (χ2n) is 2.49. The van der Waals surface area contributed by atoms with Crippen LogP contribution in [0.3, 0.4) is 0 Å². The molecule has 0 spiro atoms. The van der Waals surface area contributed by atoms with Crippen molar-refractivity contribution in [3.8, 4) is 0 Å². The van der Waals surface area contributed by atoms with Crippen molar-refractivity contribution < 1.29 is 15.0 Å². The van der Waals surface area contributed by atoms with E-state index in [4.69, 9.17) is 10.2 Å². The van der Waals surface area contributed by atoms with Gasteiger partial charge in [0.2, 0.25) is 0 Å². The first-order valence-corrected chi connectivity index (χ1v) is 3.54.